The molecule has 268 valence electrons. The fraction of sp³-hybridized carbons (Fsp3) is 0.326. The van der Waals surface area contributed by atoms with Crippen molar-refractivity contribution in [1.82, 2.24) is 19.6 Å². The average molecular weight is 712 g/mol. The van der Waals surface area contributed by atoms with Gasteiger partial charge in [-0.1, -0.05) is 81.3 Å². The summed E-state index contributed by atoms with van der Waals surface area (Å²) in [6, 6.07) is 32.2. The van der Waals surface area contributed by atoms with Crippen molar-refractivity contribution in [2.45, 2.75) is 79.3 Å². The molecule has 1 aliphatic rings. The van der Waals surface area contributed by atoms with Gasteiger partial charge in [0.05, 0.1) is 11.3 Å². The molecule has 2 amide bonds. The summed E-state index contributed by atoms with van der Waals surface area (Å²) in [5.74, 6) is 1.50. The molecule has 0 aliphatic carbocycles. The van der Waals surface area contributed by atoms with Crippen LogP contribution in [0.4, 0.5) is 5.69 Å². The van der Waals surface area contributed by atoms with E-state index in [1.165, 1.54) is 11.1 Å². The molecule has 0 spiro atoms. The van der Waals surface area contributed by atoms with Crippen LogP contribution >= 0.6 is 0 Å². The minimum Gasteiger partial charge on any atom is -0.457 e. The lowest BCUT2D eigenvalue weighted by Gasteiger charge is -2.35. The van der Waals surface area contributed by atoms with Crippen molar-refractivity contribution in [3.05, 3.63) is 131 Å². The lowest BCUT2D eigenvalue weighted by molar-refractivity contribution is 0.0658. The minimum absolute atomic E-state index is 0.0238. The number of aromatic nitrogens is 2. The van der Waals surface area contributed by atoms with Gasteiger partial charge < -0.3 is 19.5 Å². The van der Waals surface area contributed by atoms with Crippen LogP contribution in [-0.2, 0) is 13.0 Å². The van der Waals surface area contributed by atoms with Crippen LogP contribution in [-0.4, -0.2) is 60.2 Å². The standard InChI is InChI=1S/C43H49N5O3Si/c1-6-8-24-46(25-9-7-2)43(50)39-27-32(5)48(44-39)40-23-18-35(28-38(40)42(49)47-29-34-16-12-11-15-33(34)26-31(47)4)45-52-37-21-19-36(20-22-37)51-41-17-13-10-14-30(41)3/h10-23,27-28,31,45H,6-9,24-26,29H2,1-5H3/t31-/m1/s1. The van der Waals surface area contributed by atoms with Gasteiger partial charge in [-0.15, -0.1) is 0 Å². The monoisotopic (exact) mass is 711 g/mol. The summed E-state index contributed by atoms with van der Waals surface area (Å²) in [7, 11) is 0.266. The molecule has 0 unspecified atom stereocenters. The van der Waals surface area contributed by atoms with Crippen LogP contribution in [0.5, 0.6) is 11.5 Å². The molecule has 6 rings (SSSR count). The number of anilines is 1. The van der Waals surface area contributed by atoms with Crippen LogP contribution in [0.2, 0.25) is 0 Å². The molecule has 1 N–H and O–H groups in total. The summed E-state index contributed by atoms with van der Waals surface area (Å²) in [5, 5.41) is 5.96. The number of nitrogens with one attached hydrogen (secondary N) is 1. The smallest absolute Gasteiger partial charge is 0.274 e. The van der Waals surface area contributed by atoms with Crippen molar-refractivity contribution < 1.29 is 14.3 Å². The molecule has 2 heterocycles. The molecule has 2 radical (unpaired) electrons. The van der Waals surface area contributed by atoms with Gasteiger partial charge in [0.15, 0.2) is 5.69 Å². The summed E-state index contributed by atoms with van der Waals surface area (Å²) in [6.45, 7) is 12.3. The number of fused-ring (bicyclic) bond motifs is 1. The van der Waals surface area contributed by atoms with E-state index >= 15 is 0 Å². The summed E-state index contributed by atoms with van der Waals surface area (Å²) in [4.78, 5) is 35.8. The highest BCUT2D eigenvalue weighted by molar-refractivity contribution is 6.56. The van der Waals surface area contributed by atoms with Gasteiger partial charge in [0.1, 0.15) is 11.5 Å². The molecule has 4 aromatic carbocycles. The zero-order valence-corrected chi connectivity index (χ0v) is 32.0. The number of para-hydroxylation sites is 1. The number of benzene rings is 4. The van der Waals surface area contributed by atoms with Gasteiger partial charge in [0, 0.05) is 37.1 Å². The predicted molar refractivity (Wildman–Crippen MR) is 210 cm³/mol. The van der Waals surface area contributed by atoms with Crippen LogP contribution in [0.1, 0.15) is 89.7 Å². The third-order valence-corrected chi connectivity index (χ3v) is 10.7. The number of ether oxygens (including phenoxy) is 1. The van der Waals surface area contributed by atoms with E-state index in [-0.39, 0.29) is 27.5 Å². The molecule has 1 atom stereocenters. The third kappa shape index (κ3) is 8.48. The van der Waals surface area contributed by atoms with E-state index in [4.69, 9.17) is 9.84 Å². The highest BCUT2D eigenvalue weighted by Gasteiger charge is 2.30. The fourth-order valence-electron chi connectivity index (χ4n) is 6.62. The SMILES string of the molecule is CCCCN(CCCC)C(=O)c1cc(C)n(-c2ccc(N[Si]c3ccc(Oc4ccccc4C)cc3)cc2C(=O)N2Cc3ccccc3C[C@H]2C)n1. The molecular weight excluding hydrogens is 663 g/mol. The van der Waals surface area contributed by atoms with Crippen LogP contribution in [0.3, 0.4) is 0 Å². The molecule has 5 aromatic rings. The first kappa shape index (κ1) is 36.6. The summed E-state index contributed by atoms with van der Waals surface area (Å²) in [6.07, 6.45) is 4.73. The van der Waals surface area contributed by atoms with E-state index in [0.29, 0.717) is 36.6 Å². The van der Waals surface area contributed by atoms with E-state index in [1.807, 2.05) is 90.4 Å². The van der Waals surface area contributed by atoms with Crippen molar-refractivity contribution >= 4 is 32.4 Å². The fourth-order valence-corrected chi connectivity index (χ4v) is 7.40. The van der Waals surface area contributed by atoms with E-state index < -0.39 is 0 Å². The van der Waals surface area contributed by atoms with Crippen molar-refractivity contribution in [1.29, 1.82) is 0 Å². The van der Waals surface area contributed by atoms with Gasteiger partial charge in [-0.3, -0.25) is 9.59 Å². The molecule has 8 nitrogen and oxygen atoms in total. The van der Waals surface area contributed by atoms with Crippen LogP contribution in [0.25, 0.3) is 5.69 Å². The third-order valence-electron chi connectivity index (χ3n) is 9.71. The number of carbonyl (C=O) groups excluding carboxylic acids is 2. The lowest BCUT2D eigenvalue weighted by atomic mass is 9.94. The largest absolute Gasteiger partial charge is 0.457 e. The highest BCUT2D eigenvalue weighted by atomic mass is 28.2. The van der Waals surface area contributed by atoms with Crippen LogP contribution in [0.15, 0.2) is 97.1 Å². The zero-order valence-electron chi connectivity index (χ0n) is 31.0. The molecule has 9 heteroatoms. The molecule has 0 saturated heterocycles. The van der Waals surface area contributed by atoms with Gasteiger partial charge in [0.2, 0.25) is 9.68 Å². The van der Waals surface area contributed by atoms with Gasteiger partial charge in [-0.2, -0.15) is 5.10 Å². The number of hydrogen-bond acceptors (Lipinski definition) is 5. The molecule has 1 aromatic heterocycles. The van der Waals surface area contributed by atoms with E-state index in [1.54, 1.807) is 4.68 Å². The predicted octanol–water partition coefficient (Wildman–Crippen LogP) is 8.27. The van der Waals surface area contributed by atoms with Gasteiger partial charge in [0.25, 0.3) is 11.8 Å². The number of nitrogens with zero attached hydrogens (tertiary/aromatic N) is 4. The van der Waals surface area contributed by atoms with E-state index in [0.717, 1.165) is 65.7 Å². The summed E-state index contributed by atoms with van der Waals surface area (Å²) >= 11 is 0. The lowest BCUT2D eigenvalue weighted by Crippen LogP contribution is -2.43. The maximum absolute atomic E-state index is 14.6. The van der Waals surface area contributed by atoms with Crippen LogP contribution in [0, 0.1) is 13.8 Å². The number of hydrogen-bond donors (Lipinski definition) is 1. The normalized spacial score (nSPS) is 13.8. The van der Waals surface area contributed by atoms with Gasteiger partial charge >= 0.3 is 0 Å². The van der Waals surface area contributed by atoms with E-state index in [9.17, 15) is 9.59 Å². The van der Waals surface area contributed by atoms with Crippen molar-refractivity contribution in [3.8, 4) is 17.2 Å². The molecule has 0 fully saturated rings. The second-order valence-electron chi connectivity index (χ2n) is 13.7. The Morgan fingerprint density at radius 1 is 0.885 bits per heavy atom. The Kier molecular flexibility index (Phi) is 11.9. The molecule has 52 heavy (non-hydrogen) atoms. The van der Waals surface area contributed by atoms with Crippen LogP contribution < -0.4 is 14.9 Å². The maximum Gasteiger partial charge on any atom is 0.274 e. The van der Waals surface area contributed by atoms with Crippen molar-refractivity contribution in [2.24, 2.45) is 0 Å². The first-order valence-corrected chi connectivity index (χ1v) is 19.5. The number of aryl methyl sites for hydroxylation is 2. The second-order valence-corrected chi connectivity index (χ2v) is 14.8. The quantitative estimate of drug-likeness (QED) is 0.117. The second kappa shape index (κ2) is 16.9. The average Bonchev–Trinajstić information content (AvgIpc) is 3.55. The zero-order chi connectivity index (χ0) is 36.6. The molecule has 0 saturated carbocycles. The Morgan fingerprint density at radius 3 is 2.29 bits per heavy atom. The highest BCUT2D eigenvalue weighted by Crippen LogP contribution is 2.29. The molecular formula is C43H49N5O3Si. The Hall–Kier alpha value is -5.15. The number of carbonyl (C=O) groups is 2. The first-order chi connectivity index (χ1) is 25.2. The van der Waals surface area contributed by atoms with Gasteiger partial charge in [-0.05, 0) is 104 Å². The van der Waals surface area contributed by atoms with Crippen molar-refractivity contribution in [3.63, 3.8) is 0 Å². The van der Waals surface area contributed by atoms with Gasteiger partial charge in [-0.25, -0.2) is 4.68 Å². The number of amides is 2. The summed E-state index contributed by atoms with van der Waals surface area (Å²) < 4.78 is 7.86. The Morgan fingerprint density at radius 2 is 1.58 bits per heavy atom. The van der Waals surface area contributed by atoms with Crippen molar-refractivity contribution in [2.75, 3.05) is 18.1 Å². The topological polar surface area (TPSA) is 79.7 Å². The minimum atomic E-state index is -0.0623. The maximum atomic E-state index is 14.6. The number of rotatable bonds is 14. The molecule has 1 aliphatic heterocycles. The Labute approximate surface area is 310 Å². The summed E-state index contributed by atoms with van der Waals surface area (Å²) in [5.41, 5.74) is 6.78. The molecule has 0 bridgehead atoms. The Bertz CT molecular complexity index is 2000. The number of unbranched alkanes of at least 4 members (excludes halogenated alkanes) is 2. The first-order valence-electron chi connectivity index (χ1n) is 18.5. The Balaban J connectivity index is 1.28. The van der Waals surface area contributed by atoms with E-state index in [2.05, 4.69) is 56.1 Å².